The topological polar surface area (TPSA) is 707 Å². The first-order valence-electron chi connectivity index (χ1n) is 49.3. The zero-order valence-electron chi connectivity index (χ0n) is 83.9. The minimum atomic E-state index is -1.81. The van der Waals surface area contributed by atoms with Crippen molar-refractivity contribution < 1.29 is 97.1 Å². The van der Waals surface area contributed by atoms with Crippen molar-refractivity contribution in [3.8, 4) is 5.75 Å². The Morgan fingerprint density at radius 3 is 1.47 bits per heavy atom. The highest BCUT2D eigenvalue weighted by molar-refractivity contribution is 5.97. The van der Waals surface area contributed by atoms with Gasteiger partial charge in [0.05, 0.1) is 66.5 Å². The molecule has 0 unspecified atom stereocenters. The molecule has 1 aliphatic heterocycles. The van der Waals surface area contributed by atoms with Crippen LogP contribution in [-0.4, -0.2) is 266 Å². The van der Waals surface area contributed by atoms with Crippen LogP contribution in [-0.2, 0) is 112 Å². The summed E-state index contributed by atoms with van der Waals surface area (Å²) in [6, 6.07) is 18.2. The first-order chi connectivity index (χ1) is 68.7. The van der Waals surface area contributed by atoms with E-state index >= 15 is 24.0 Å². The summed E-state index contributed by atoms with van der Waals surface area (Å²) in [7, 11) is 0. The normalized spacial score (nSPS) is 16.9. The van der Waals surface area contributed by atoms with Gasteiger partial charge in [-0.3, -0.25) is 94.8 Å². The fraction of sp³-hybridized carbons (Fsp3) is 0.550. The molecule has 44 nitrogen and oxygen atoms in total. The van der Waals surface area contributed by atoms with Gasteiger partial charge in [0, 0.05) is 54.4 Å². The number of unbranched alkanes of at least 4 members (excludes halogenated alkanes) is 2. The molecule has 0 radical (unpaired) electrons. The van der Waals surface area contributed by atoms with Crippen LogP contribution in [0.4, 0.5) is 0 Å². The standard InChI is InChI=1S/C100H151N25O19/c1-11-59(6)80(56-131)117-88(97(142)111-63(10)75(46-66-36-38-72(132)39-37-66)92(137)121-85(84(104)134)113-69(52-127)30-20-22-40-101)123-91(136)61(8)78(47-65-28-16-13-17-29-65)119-98(143)86(114-70(53-128)31-21-23-41-102)120-82(133)50-109-94(139)81-35-25-43-125(81)99(144)89(116-79(55-130)58(4)5)124-93(138)74(45-64-26-14-12-15-27-64)62(9)110-96(141)87(115-71(54-129)48-67-49-108-76-34-19-18-33-73(67)76)122-90(135)60(7)77(44-57(2)3)118-95(140)83(103)112-68(51-126)32-24-42-107-100(105)106/h12-19,26-29,33-34,36-39,49,51-63,68-71,74-75,77-81,83,85-89,108,112-117,132H,11,20-25,30-32,35,40-48,50,101-103H2,1-10H3,(H2,104,134)(H,109,139)(H,110,141)(H,111,142)(H,118,140)(H,119,143)(H,120,133)(H,121,137)(H,122,135)(H,123,136)(H,124,138)(H4,105,106,107)/p+1/t59-,60+,61+,62-,63-,68-,69-,70-,71-,74+,75+,77-,78-,79+,80+,81+,83-,85+,86+,87+,88+,89+/m0/s1. The van der Waals surface area contributed by atoms with Crippen LogP contribution in [0.25, 0.3) is 10.9 Å². The highest BCUT2D eigenvalue weighted by atomic mass is 16.3. The molecule has 144 heavy (non-hydrogen) atoms. The number of amides is 12. The van der Waals surface area contributed by atoms with Crippen LogP contribution in [0.15, 0.2) is 115 Å². The monoisotopic (exact) mass is 2010 g/mol. The van der Waals surface area contributed by atoms with Gasteiger partial charge in [-0.15, -0.1) is 0 Å². The van der Waals surface area contributed by atoms with Crippen molar-refractivity contribution in [2.45, 2.75) is 275 Å². The molecule has 1 aromatic heterocycles. The third kappa shape index (κ3) is 39.5. The van der Waals surface area contributed by atoms with Gasteiger partial charge in [0.1, 0.15) is 49.5 Å². The Kier molecular flexibility index (Phi) is 51.8. The Hall–Kier alpha value is -13.2. The summed E-state index contributed by atoms with van der Waals surface area (Å²) in [4.78, 5) is 258. The summed E-state index contributed by atoms with van der Waals surface area (Å²) in [5.41, 5.74) is 29.7. The van der Waals surface area contributed by atoms with Crippen molar-refractivity contribution in [3.63, 3.8) is 0 Å². The number of hydrogen-bond donors (Lipinski definition) is 25. The number of carbonyl (C=O) groups excluding carboxylic acids is 18. The van der Waals surface area contributed by atoms with Gasteiger partial charge in [-0.1, -0.05) is 166 Å². The van der Waals surface area contributed by atoms with E-state index in [2.05, 4.69) is 101 Å². The third-order valence-corrected chi connectivity index (χ3v) is 25.6. The van der Waals surface area contributed by atoms with E-state index in [9.17, 15) is 67.4 Å². The smallest absolute Gasteiger partial charge is 0.294 e. The Morgan fingerprint density at radius 2 is 0.944 bits per heavy atom. The van der Waals surface area contributed by atoms with E-state index in [1.807, 2.05) is 38.1 Å². The van der Waals surface area contributed by atoms with Crippen molar-refractivity contribution in [1.29, 1.82) is 5.41 Å². The van der Waals surface area contributed by atoms with E-state index in [1.54, 1.807) is 94.6 Å². The summed E-state index contributed by atoms with van der Waals surface area (Å²) in [6.45, 7) is 16.5. The second-order valence-electron chi connectivity index (χ2n) is 37.7. The number of rotatable bonds is 69. The van der Waals surface area contributed by atoms with Crippen molar-refractivity contribution in [3.05, 3.63) is 138 Å². The number of phenolic OH excluding ortho intramolecular Hbond substituents is 1. The van der Waals surface area contributed by atoms with Crippen molar-refractivity contribution in [1.82, 2.24) is 100 Å². The molecule has 6 rings (SSSR count). The van der Waals surface area contributed by atoms with E-state index < -0.39 is 216 Å². The summed E-state index contributed by atoms with van der Waals surface area (Å²) >= 11 is 0. The number of nitrogens with two attached hydrogens (primary N) is 4. The SMILES string of the molecule is CC[C@H](C)[C@@H](C=O)N[C@H](NC(=O)[C@H](C)[C@H](Cc1ccccc1)NC(=O)[C@@H](NC(=O)CNC(=O)[C@H]1CCCN1C(=O)[C@@H](NC(=O)[C@H](Cc1ccccc1)[C@H](C)NC(=O)[C@@H](NC(=O)[C@H](C)[C@H](CC(C)C)NC(=O)[C@@H]([NH3+])N[C@H](C=O)CCCNC(=N)N)N[C@H](C=O)Cc1c[nH]c2ccccc12)N[C@H](C=O)C(C)C)N[C@H](C=O)CCCCN)C(=O)N[C@@H](C)[C@@H](Cc1ccc(O)cc1)C(=O)N[C@@H](N[C@H](C=O)CCCCN)C(N)=O. The van der Waals surface area contributed by atoms with Gasteiger partial charge in [-0.25, -0.2) is 0 Å². The molecule has 1 fully saturated rings. The Morgan fingerprint density at radius 1 is 0.479 bits per heavy atom. The maximum atomic E-state index is 15.5. The van der Waals surface area contributed by atoms with Gasteiger partial charge < -0.3 is 131 Å². The minimum absolute atomic E-state index is 0.00596. The van der Waals surface area contributed by atoms with Gasteiger partial charge in [0.2, 0.25) is 41.6 Å². The van der Waals surface area contributed by atoms with Crippen LogP contribution in [0, 0.1) is 46.8 Å². The number of primary amides is 1. The number of aromatic amines is 1. The molecule has 0 aliphatic carbocycles. The number of hydrogen-bond acceptors (Lipinski definition) is 28. The number of phenols is 1. The molecular formula is C100H152N25O19+. The van der Waals surface area contributed by atoms with Crippen molar-refractivity contribution >= 4 is 125 Å². The molecular weight excluding hydrogens is 1860 g/mol. The van der Waals surface area contributed by atoms with Crippen LogP contribution >= 0.6 is 0 Å². The summed E-state index contributed by atoms with van der Waals surface area (Å²) in [6.07, 6.45) is -1.32. The lowest BCUT2D eigenvalue weighted by molar-refractivity contribution is -0.413. The number of para-hydroxylation sites is 1. The van der Waals surface area contributed by atoms with E-state index in [0.29, 0.717) is 105 Å². The Balaban J connectivity index is 1.27. The number of H-pyrrole nitrogens is 1. The number of nitrogens with one attached hydrogen (secondary N) is 19. The highest BCUT2D eigenvalue weighted by Gasteiger charge is 2.44. The number of aldehydes is 6. The van der Waals surface area contributed by atoms with Crippen LogP contribution < -0.4 is 119 Å². The molecule has 0 spiro atoms. The van der Waals surface area contributed by atoms with E-state index in [-0.39, 0.29) is 101 Å². The molecule has 4 aromatic carbocycles. The maximum Gasteiger partial charge on any atom is 0.294 e. The second-order valence-corrected chi connectivity index (χ2v) is 37.7. The number of fused-ring (bicyclic) bond motifs is 1. The van der Waals surface area contributed by atoms with Crippen LogP contribution in [0.1, 0.15) is 169 Å². The summed E-state index contributed by atoms with van der Waals surface area (Å²) < 4.78 is 0. The first-order valence-corrected chi connectivity index (χ1v) is 49.3. The maximum absolute atomic E-state index is 15.5. The number of quaternary nitrogens is 1. The molecule has 1 aliphatic rings. The van der Waals surface area contributed by atoms with Gasteiger partial charge in [-0.2, -0.15) is 0 Å². The van der Waals surface area contributed by atoms with E-state index in [0.717, 1.165) is 15.8 Å². The van der Waals surface area contributed by atoms with Gasteiger partial charge in [0.15, 0.2) is 36.8 Å². The van der Waals surface area contributed by atoms with E-state index in [4.69, 9.17) is 28.3 Å². The van der Waals surface area contributed by atoms with Crippen molar-refractivity contribution in [2.75, 3.05) is 32.7 Å². The average molecular weight is 2010 g/mol. The predicted molar refractivity (Wildman–Crippen MR) is 538 cm³/mol. The molecule has 31 N–H and O–H groups in total. The molecule has 44 heteroatoms. The predicted octanol–water partition coefficient (Wildman–Crippen LogP) is -2.79. The Bertz CT molecular complexity index is 5000. The summed E-state index contributed by atoms with van der Waals surface area (Å²) in [5.74, 6) is -17.1. The molecule has 5 aromatic rings. The molecule has 2 heterocycles. The van der Waals surface area contributed by atoms with Crippen LogP contribution in [0.2, 0.25) is 0 Å². The summed E-state index contributed by atoms with van der Waals surface area (Å²) in [5, 5.41) is 65.9. The fourth-order valence-electron chi connectivity index (χ4n) is 16.7. The zero-order valence-corrected chi connectivity index (χ0v) is 83.9. The molecule has 0 saturated carbocycles. The largest absolute Gasteiger partial charge is 0.508 e. The van der Waals surface area contributed by atoms with E-state index in [1.165, 1.54) is 52.0 Å². The number of likely N-dealkylation sites (tertiary alicyclic amines) is 1. The number of nitrogens with zero attached hydrogens (tertiary/aromatic N) is 1. The van der Waals surface area contributed by atoms with Crippen LogP contribution in [0.5, 0.6) is 5.75 Å². The average Bonchev–Trinajstić information content (AvgIpc) is 1.57. The quantitative estimate of drug-likeness (QED) is 0.00615. The number of guanidine groups is 1. The first kappa shape index (κ1) is 119. The Labute approximate surface area is 840 Å². The number of aromatic hydroxyl groups is 1. The lowest BCUT2D eigenvalue weighted by atomic mass is 9.91. The third-order valence-electron chi connectivity index (χ3n) is 25.6. The lowest BCUT2D eigenvalue weighted by Gasteiger charge is -2.33. The van der Waals surface area contributed by atoms with Gasteiger partial charge in [0.25, 0.3) is 35.4 Å². The molecule has 1 saturated heterocycles. The second kappa shape index (κ2) is 62.4. The van der Waals surface area contributed by atoms with Crippen molar-refractivity contribution in [2.24, 2.45) is 64.4 Å². The van der Waals surface area contributed by atoms with Gasteiger partial charge in [-0.05, 0) is 169 Å². The number of benzene rings is 4. The lowest BCUT2D eigenvalue weighted by Crippen LogP contribution is -2.76. The zero-order chi connectivity index (χ0) is 106. The molecule has 0 bridgehead atoms. The minimum Gasteiger partial charge on any atom is -0.508 e. The highest BCUT2D eigenvalue weighted by Crippen LogP contribution is 2.25. The molecule has 12 amide bonds. The number of aromatic nitrogens is 1. The molecule has 790 valence electrons. The fourth-order valence-corrected chi connectivity index (χ4v) is 16.7. The van der Waals surface area contributed by atoms with Gasteiger partial charge >= 0.3 is 0 Å². The number of carbonyl (C=O) groups is 18. The molecule has 22 atom stereocenters. The van der Waals surface area contributed by atoms with Crippen LogP contribution in [0.3, 0.4) is 0 Å².